The predicted molar refractivity (Wildman–Crippen MR) is 99.0 cm³/mol. The molecule has 0 aliphatic carbocycles. The van der Waals surface area contributed by atoms with E-state index in [2.05, 4.69) is 5.32 Å². The number of anilines is 2. The Balaban J connectivity index is 2.17. The van der Waals surface area contributed by atoms with Gasteiger partial charge in [-0.05, 0) is 55.3 Å². The Morgan fingerprint density at radius 1 is 1.08 bits per heavy atom. The number of carbonyl (C=O) groups excluding carboxylic acids is 2. The quantitative estimate of drug-likeness (QED) is 0.861. The molecule has 2 amide bonds. The minimum atomic E-state index is -0.325. The molecule has 2 aromatic carbocycles. The topological polar surface area (TPSA) is 49.4 Å². The van der Waals surface area contributed by atoms with Crippen LogP contribution < -0.4 is 10.2 Å². The van der Waals surface area contributed by atoms with Gasteiger partial charge in [0.1, 0.15) is 6.54 Å². The van der Waals surface area contributed by atoms with Crippen molar-refractivity contribution in [3.8, 4) is 0 Å². The van der Waals surface area contributed by atoms with Crippen molar-refractivity contribution in [2.45, 2.75) is 20.8 Å². The van der Waals surface area contributed by atoms with E-state index in [1.165, 1.54) is 11.8 Å². The maximum Gasteiger partial charge on any atom is 0.244 e. The molecular weight excluding hydrogens is 347 g/mol. The number of nitrogens with one attached hydrogen (secondary N) is 1. The van der Waals surface area contributed by atoms with Gasteiger partial charge in [0.15, 0.2) is 0 Å². The Hall–Kier alpha value is -2.04. The molecule has 2 rings (SSSR count). The van der Waals surface area contributed by atoms with Crippen molar-refractivity contribution < 1.29 is 9.59 Å². The first-order valence-electron chi connectivity index (χ1n) is 7.38. The van der Waals surface area contributed by atoms with E-state index < -0.39 is 0 Å². The van der Waals surface area contributed by atoms with Crippen LogP contribution >= 0.6 is 23.2 Å². The number of hydrogen-bond acceptors (Lipinski definition) is 2. The molecule has 0 fully saturated rings. The molecular formula is C18H18Cl2N2O2. The summed E-state index contributed by atoms with van der Waals surface area (Å²) < 4.78 is 0. The van der Waals surface area contributed by atoms with Gasteiger partial charge in [-0.1, -0.05) is 29.3 Å². The highest BCUT2D eigenvalue weighted by Crippen LogP contribution is 2.27. The fraction of sp³-hybridized carbons (Fsp3) is 0.222. The molecule has 0 spiro atoms. The average molecular weight is 365 g/mol. The zero-order chi connectivity index (χ0) is 17.9. The molecule has 0 aliphatic heterocycles. The molecule has 0 saturated carbocycles. The minimum absolute atomic E-state index is 0.111. The van der Waals surface area contributed by atoms with E-state index in [0.29, 0.717) is 21.4 Å². The molecule has 0 atom stereocenters. The summed E-state index contributed by atoms with van der Waals surface area (Å²) >= 11 is 12.1. The third-order valence-corrected chi connectivity index (χ3v) is 4.07. The number of carbonyl (C=O) groups is 2. The Labute approximate surface area is 151 Å². The number of hydrogen-bond donors (Lipinski definition) is 1. The summed E-state index contributed by atoms with van der Waals surface area (Å²) in [5, 5.41) is 3.82. The van der Waals surface area contributed by atoms with Gasteiger partial charge >= 0.3 is 0 Å². The van der Waals surface area contributed by atoms with Crippen molar-refractivity contribution in [3.63, 3.8) is 0 Å². The number of nitrogens with zero attached hydrogens (tertiary/aromatic N) is 1. The highest BCUT2D eigenvalue weighted by Gasteiger charge is 2.17. The van der Waals surface area contributed by atoms with Crippen molar-refractivity contribution in [1.82, 2.24) is 0 Å². The molecule has 0 aliphatic rings. The smallest absolute Gasteiger partial charge is 0.244 e. The zero-order valence-electron chi connectivity index (χ0n) is 13.7. The summed E-state index contributed by atoms with van der Waals surface area (Å²) in [6, 6.07) is 10.5. The van der Waals surface area contributed by atoms with Gasteiger partial charge in [0.25, 0.3) is 0 Å². The van der Waals surface area contributed by atoms with Gasteiger partial charge in [-0.25, -0.2) is 0 Å². The minimum Gasteiger partial charge on any atom is -0.323 e. The maximum atomic E-state index is 12.4. The molecule has 0 aromatic heterocycles. The lowest BCUT2D eigenvalue weighted by Crippen LogP contribution is -2.36. The second kappa shape index (κ2) is 7.69. The molecule has 0 unspecified atom stereocenters. The molecule has 0 bridgehead atoms. The number of rotatable bonds is 4. The van der Waals surface area contributed by atoms with Crippen molar-refractivity contribution in [2.75, 3.05) is 16.8 Å². The average Bonchev–Trinajstić information content (AvgIpc) is 2.49. The summed E-state index contributed by atoms with van der Waals surface area (Å²) in [6.45, 7) is 5.10. The second-order valence-corrected chi connectivity index (χ2v) is 6.41. The van der Waals surface area contributed by atoms with E-state index in [-0.39, 0.29) is 18.4 Å². The Morgan fingerprint density at radius 3 is 2.25 bits per heavy atom. The van der Waals surface area contributed by atoms with E-state index in [1.807, 2.05) is 19.9 Å². The summed E-state index contributed by atoms with van der Waals surface area (Å²) in [6.07, 6.45) is 0. The van der Waals surface area contributed by atoms with Gasteiger partial charge in [0, 0.05) is 17.6 Å². The Morgan fingerprint density at radius 2 is 1.71 bits per heavy atom. The summed E-state index contributed by atoms with van der Waals surface area (Å²) in [4.78, 5) is 25.6. The summed E-state index contributed by atoms with van der Waals surface area (Å²) in [7, 11) is 0. The lowest BCUT2D eigenvalue weighted by atomic mass is 10.1. The second-order valence-electron chi connectivity index (χ2n) is 5.57. The van der Waals surface area contributed by atoms with Gasteiger partial charge in [0.05, 0.1) is 10.7 Å². The van der Waals surface area contributed by atoms with Crippen LogP contribution in [0, 0.1) is 13.8 Å². The molecule has 2 aromatic rings. The first-order valence-corrected chi connectivity index (χ1v) is 8.14. The molecule has 126 valence electrons. The van der Waals surface area contributed by atoms with Crippen LogP contribution in [0.2, 0.25) is 10.0 Å². The molecule has 6 heteroatoms. The van der Waals surface area contributed by atoms with Crippen LogP contribution in [-0.2, 0) is 9.59 Å². The molecule has 24 heavy (non-hydrogen) atoms. The third-order valence-electron chi connectivity index (χ3n) is 3.52. The lowest BCUT2D eigenvalue weighted by molar-refractivity contribution is -0.120. The van der Waals surface area contributed by atoms with E-state index in [9.17, 15) is 9.59 Å². The highest BCUT2D eigenvalue weighted by molar-refractivity contribution is 6.34. The van der Waals surface area contributed by atoms with E-state index in [1.54, 1.807) is 30.3 Å². The van der Waals surface area contributed by atoms with Crippen LogP contribution in [-0.4, -0.2) is 18.4 Å². The van der Waals surface area contributed by atoms with E-state index in [4.69, 9.17) is 23.2 Å². The van der Waals surface area contributed by atoms with E-state index >= 15 is 0 Å². The van der Waals surface area contributed by atoms with E-state index in [0.717, 1.165) is 11.1 Å². The molecule has 0 radical (unpaired) electrons. The Kier molecular flexibility index (Phi) is 5.86. The largest absolute Gasteiger partial charge is 0.323 e. The Bertz CT molecular complexity index is 750. The molecule has 4 nitrogen and oxygen atoms in total. The van der Waals surface area contributed by atoms with Crippen LogP contribution in [0.25, 0.3) is 0 Å². The molecule has 0 heterocycles. The van der Waals surface area contributed by atoms with Crippen LogP contribution in [0.3, 0.4) is 0 Å². The predicted octanol–water partition coefficient (Wildman–Crippen LogP) is 4.60. The molecule has 0 saturated heterocycles. The van der Waals surface area contributed by atoms with Crippen LogP contribution in [0.4, 0.5) is 11.4 Å². The zero-order valence-corrected chi connectivity index (χ0v) is 15.2. The number of benzene rings is 2. The highest BCUT2D eigenvalue weighted by atomic mass is 35.5. The van der Waals surface area contributed by atoms with Crippen molar-refractivity contribution in [2.24, 2.45) is 0 Å². The summed E-state index contributed by atoms with van der Waals surface area (Å²) in [5.74, 6) is -0.562. The van der Waals surface area contributed by atoms with Gasteiger partial charge in [0.2, 0.25) is 11.8 Å². The first kappa shape index (κ1) is 18.3. The fourth-order valence-corrected chi connectivity index (χ4v) is 2.90. The van der Waals surface area contributed by atoms with Crippen molar-refractivity contribution in [3.05, 3.63) is 57.6 Å². The van der Waals surface area contributed by atoms with Crippen molar-refractivity contribution in [1.29, 1.82) is 0 Å². The summed E-state index contributed by atoms with van der Waals surface area (Å²) in [5.41, 5.74) is 3.05. The number of amides is 2. The molecule has 1 N–H and O–H groups in total. The number of halogens is 2. The van der Waals surface area contributed by atoms with Gasteiger partial charge in [-0.3, -0.25) is 9.59 Å². The lowest BCUT2D eigenvalue weighted by Gasteiger charge is -2.21. The first-order chi connectivity index (χ1) is 11.3. The van der Waals surface area contributed by atoms with Crippen LogP contribution in [0.5, 0.6) is 0 Å². The normalized spacial score (nSPS) is 10.4. The van der Waals surface area contributed by atoms with Crippen LogP contribution in [0.1, 0.15) is 18.1 Å². The number of aryl methyl sites for hydroxylation is 2. The SMILES string of the molecule is CC(=O)N(CC(=O)Nc1c(C)cc(C)cc1Cl)c1ccc(Cl)cc1. The van der Waals surface area contributed by atoms with Crippen molar-refractivity contribution >= 4 is 46.4 Å². The monoisotopic (exact) mass is 364 g/mol. The fourth-order valence-electron chi connectivity index (χ4n) is 2.40. The van der Waals surface area contributed by atoms with Gasteiger partial charge in [-0.2, -0.15) is 0 Å². The van der Waals surface area contributed by atoms with Gasteiger partial charge < -0.3 is 10.2 Å². The third kappa shape index (κ3) is 4.49. The van der Waals surface area contributed by atoms with Crippen LogP contribution in [0.15, 0.2) is 36.4 Å². The maximum absolute atomic E-state index is 12.4. The standard InChI is InChI=1S/C18H18Cl2N2O2/c1-11-8-12(2)18(16(20)9-11)21-17(24)10-22(13(3)23)15-6-4-14(19)5-7-15/h4-9H,10H2,1-3H3,(H,21,24). The van der Waals surface area contributed by atoms with Gasteiger partial charge in [-0.15, -0.1) is 0 Å².